The van der Waals surface area contributed by atoms with E-state index >= 15 is 0 Å². The quantitative estimate of drug-likeness (QED) is 0.389. The molecule has 0 atom stereocenters. The Morgan fingerprint density at radius 2 is 2.08 bits per heavy atom. The number of furan rings is 1. The van der Waals surface area contributed by atoms with E-state index in [-0.39, 0.29) is 11.5 Å². The fourth-order valence-corrected chi connectivity index (χ4v) is 3.19. The van der Waals surface area contributed by atoms with Crippen LogP contribution < -0.4 is 0 Å². The van der Waals surface area contributed by atoms with Crippen molar-refractivity contribution >= 4 is 23.2 Å². The maximum Gasteiger partial charge on any atom is 0.284 e. The molecule has 0 amide bonds. The molecule has 0 bridgehead atoms. The van der Waals surface area contributed by atoms with Gasteiger partial charge >= 0.3 is 0 Å². The molecule has 0 saturated carbocycles. The van der Waals surface area contributed by atoms with Gasteiger partial charge in [-0.3, -0.25) is 14.9 Å². The highest BCUT2D eigenvalue weighted by molar-refractivity contribution is 7.99. The van der Waals surface area contributed by atoms with Crippen molar-refractivity contribution in [2.24, 2.45) is 7.05 Å². The Bertz CT molecular complexity index is 976. The summed E-state index contributed by atoms with van der Waals surface area (Å²) in [5, 5.41) is 20.1. The molecular formula is C16H14N4O4S. The Labute approximate surface area is 147 Å². The SMILES string of the molecule is CC(=O)c1ccc(Sc2nnc(-c3ccoc3C)n2C)c([N+](=O)[O-])c1. The van der Waals surface area contributed by atoms with Crippen LogP contribution in [0.4, 0.5) is 5.69 Å². The van der Waals surface area contributed by atoms with Crippen molar-refractivity contribution in [2.45, 2.75) is 23.9 Å². The van der Waals surface area contributed by atoms with Gasteiger partial charge in [0, 0.05) is 18.7 Å². The average Bonchev–Trinajstić information content (AvgIpc) is 3.13. The van der Waals surface area contributed by atoms with Crippen LogP contribution in [0.1, 0.15) is 23.0 Å². The summed E-state index contributed by atoms with van der Waals surface area (Å²) in [5.41, 5.74) is 0.966. The second-order valence-corrected chi connectivity index (χ2v) is 6.36. The van der Waals surface area contributed by atoms with Crippen LogP contribution in [0.2, 0.25) is 0 Å². The fraction of sp³-hybridized carbons (Fsp3) is 0.188. The largest absolute Gasteiger partial charge is 0.469 e. The molecule has 8 nitrogen and oxygen atoms in total. The van der Waals surface area contributed by atoms with E-state index in [1.807, 2.05) is 6.92 Å². The van der Waals surface area contributed by atoms with Crippen LogP contribution in [-0.4, -0.2) is 25.5 Å². The summed E-state index contributed by atoms with van der Waals surface area (Å²) in [5.74, 6) is 1.09. The molecular weight excluding hydrogens is 344 g/mol. The standard InChI is InChI=1S/C16H14N4O4S/c1-9(21)11-4-5-14(13(8-11)20(22)23)25-16-18-17-15(19(16)3)12-6-7-24-10(12)2/h4-8H,1-3H3. The summed E-state index contributed by atoms with van der Waals surface area (Å²) in [6.45, 7) is 3.19. The van der Waals surface area contributed by atoms with E-state index in [0.717, 1.165) is 17.3 Å². The van der Waals surface area contributed by atoms with Gasteiger partial charge in [0.05, 0.1) is 21.6 Å². The molecule has 0 aliphatic rings. The minimum absolute atomic E-state index is 0.137. The highest BCUT2D eigenvalue weighted by atomic mass is 32.2. The number of benzene rings is 1. The molecule has 0 saturated heterocycles. The zero-order valence-corrected chi connectivity index (χ0v) is 14.5. The molecule has 0 radical (unpaired) electrons. The second kappa shape index (κ2) is 6.52. The summed E-state index contributed by atoms with van der Waals surface area (Å²) in [7, 11) is 1.78. The van der Waals surface area contributed by atoms with Gasteiger partial charge < -0.3 is 8.98 Å². The van der Waals surface area contributed by atoms with Gasteiger partial charge in [-0.25, -0.2) is 0 Å². The molecule has 3 rings (SSSR count). The van der Waals surface area contributed by atoms with Crippen molar-refractivity contribution in [1.29, 1.82) is 0 Å². The summed E-state index contributed by atoms with van der Waals surface area (Å²) < 4.78 is 7.02. The van der Waals surface area contributed by atoms with E-state index in [0.29, 0.717) is 27.2 Å². The van der Waals surface area contributed by atoms with Crippen molar-refractivity contribution in [3.8, 4) is 11.4 Å². The average molecular weight is 358 g/mol. The predicted molar refractivity (Wildman–Crippen MR) is 90.7 cm³/mol. The lowest BCUT2D eigenvalue weighted by molar-refractivity contribution is -0.387. The lowest BCUT2D eigenvalue weighted by atomic mass is 10.1. The normalized spacial score (nSPS) is 10.8. The third kappa shape index (κ3) is 3.18. The van der Waals surface area contributed by atoms with Crippen LogP contribution in [-0.2, 0) is 7.05 Å². The van der Waals surface area contributed by atoms with Gasteiger partial charge in [-0.1, -0.05) is 0 Å². The maximum absolute atomic E-state index is 11.4. The first-order valence-corrected chi connectivity index (χ1v) is 8.11. The molecule has 1 aromatic carbocycles. The number of aryl methyl sites for hydroxylation is 1. The van der Waals surface area contributed by atoms with Gasteiger partial charge in [0.1, 0.15) is 5.76 Å². The lowest BCUT2D eigenvalue weighted by Gasteiger charge is -2.05. The molecule has 0 unspecified atom stereocenters. The number of hydrogen-bond acceptors (Lipinski definition) is 7. The molecule has 3 aromatic rings. The second-order valence-electron chi connectivity index (χ2n) is 5.35. The van der Waals surface area contributed by atoms with Gasteiger partial charge in [0.25, 0.3) is 5.69 Å². The summed E-state index contributed by atoms with van der Waals surface area (Å²) >= 11 is 1.12. The highest BCUT2D eigenvalue weighted by Gasteiger charge is 2.21. The van der Waals surface area contributed by atoms with Crippen LogP contribution in [0.25, 0.3) is 11.4 Å². The Morgan fingerprint density at radius 1 is 1.32 bits per heavy atom. The number of Topliss-reactive ketones (excluding diaryl/α,β-unsaturated/α-hetero) is 1. The predicted octanol–water partition coefficient (Wildman–Crippen LogP) is 3.65. The third-order valence-electron chi connectivity index (χ3n) is 3.70. The number of aromatic nitrogens is 3. The molecule has 9 heteroatoms. The number of hydrogen-bond donors (Lipinski definition) is 0. The van der Waals surface area contributed by atoms with E-state index in [1.54, 1.807) is 36.1 Å². The van der Waals surface area contributed by atoms with E-state index < -0.39 is 4.92 Å². The Morgan fingerprint density at radius 3 is 2.68 bits per heavy atom. The first-order valence-electron chi connectivity index (χ1n) is 7.29. The first kappa shape index (κ1) is 16.9. The van der Waals surface area contributed by atoms with E-state index in [9.17, 15) is 14.9 Å². The number of rotatable bonds is 5. The molecule has 2 aromatic heterocycles. The van der Waals surface area contributed by atoms with Crippen LogP contribution in [0, 0.1) is 17.0 Å². The zero-order valence-electron chi connectivity index (χ0n) is 13.7. The molecule has 0 N–H and O–H groups in total. The van der Waals surface area contributed by atoms with Crippen molar-refractivity contribution in [3.63, 3.8) is 0 Å². The maximum atomic E-state index is 11.4. The lowest BCUT2D eigenvalue weighted by Crippen LogP contribution is -1.98. The van der Waals surface area contributed by atoms with Gasteiger partial charge in [0.15, 0.2) is 16.8 Å². The Kier molecular flexibility index (Phi) is 4.41. The van der Waals surface area contributed by atoms with E-state index in [1.165, 1.54) is 13.0 Å². The zero-order chi connectivity index (χ0) is 18.1. The number of nitrogens with zero attached hydrogens (tertiary/aromatic N) is 4. The summed E-state index contributed by atoms with van der Waals surface area (Å²) in [6.07, 6.45) is 1.57. The Hall–Kier alpha value is -2.94. The molecule has 25 heavy (non-hydrogen) atoms. The highest BCUT2D eigenvalue weighted by Crippen LogP contribution is 2.36. The van der Waals surface area contributed by atoms with Gasteiger partial charge in [-0.15, -0.1) is 10.2 Å². The topological polar surface area (TPSA) is 104 Å². The molecule has 2 heterocycles. The molecule has 0 spiro atoms. The van der Waals surface area contributed by atoms with Crippen LogP contribution in [0.5, 0.6) is 0 Å². The number of nitro groups is 1. The van der Waals surface area contributed by atoms with Crippen LogP contribution >= 0.6 is 11.8 Å². The number of carbonyl (C=O) groups is 1. The Balaban J connectivity index is 1.98. The number of nitro benzene ring substituents is 1. The van der Waals surface area contributed by atoms with Crippen LogP contribution in [0.15, 0.2) is 45.0 Å². The number of carbonyl (C=O) groups excluding carboxylic acids is 1. The van der Waals surface area contributed by atoms with Crippen LogP contribution in [0.3, 0.4) is 0 Å². The van der Waals surface area contributed by atoms with E-state index in [4.69, 9.17) is 4.42 Å². The minimum Gasteiger partial charge on any atom is -0.469 e. The first-order chi connectivity index (χ1) is 11.9. The smallest absolute Gasteiger partial charge is 0.284 e. The molecule has 0 aliphatic heterocycles. The fourth-order valence-electron chi connectivity index (χ4n) is 2.32. The van der Waals surface area contributed by atoms with Crippen molar-refractivity contribution < 1.29 is 14.1 Å². The van der Waals surface area contributed by atoms with Gasteiger partial charge in [-0.2, -0.15) is 0 Å². The molecule has 0 fully saturated rings. The summed E-state index contributed by atoms with van der Waals surface area (Å²) in [4.78, 5) is 22.7. The van der Waals surface area contributed by atoms with Crippen molar-refractivity contribution in [3.05, 3.63) is 52.0 Å². The minimum atomic E-state index is -0.508. The van der Waals surface area contributed by atoms with E-state index in [2.05, 4.69) is 10.2 Å². The van der Waals surface area contributed by atoms with Crippen molar-refractivity contribution in [2.75, 3.05) is 0 Å². The summed E-state index contributed by atoms with van der Waals surface area (Å²) in [6, 6.07) is 6.19. The molecule has 0 aliphatic carbocycles. The molecule has 128 valence electrons. The van der Waals surface area contributed by atoms with Crippen molar-refractivity contribution in [1.82, 2.24) is 14.8 Å². The number of ketones is 1. The van der Waals surface area contributed by atoms with Gasteiger partial charge in [0.2, 0.25) is 0 Å². The monoisotopic (exact) mass is 358 g/mol. The van der Waals surface area contributed by atoms with Gasteiger partial charge in [-0.05, 0) is 43.8 Å². The third-order valence-corrected chi connectivity index (χ3v) is 4.80.